The number of nitrogens with one attached hydrogen (secondary N) is 1. The van der Waals surface area contributed by atoms with Gasteiger partial charge in [-0.25, -0.2) is 15.0 Å². The van der Waals surface area contributed by atoms with Gasteiger partial charge in [0.1, 0.15) is 0 Å². The summed E-state index contributed by atoms with van der Waals surface area (Å²) in [4.78, 5) is 13.0. The molecule has 0 unspecified atom stereocenters. The molecule has 0 saturated heterocycles. The van der Waals surface area contributed by atoms with Crippen molar-refractivity contribution in [1.29, 1.82) is 0 Å². The smallest absolute Gasteiger partial charge is 0.229 e. The highest BCUT2D eigenvalue weighted by Crippen LogP contribution is 2.28. The van der Waals surface area contributed by atoms with E-state index in [0.29, 0.717) is 11.9 Å². The number of nitrogens with zero attached hydrogens (tertiary/aromatic N) is 4. The summed E-state index contributed by atoms with van der Waals surface area (Å²) < 4.78 is 2.06. The first-order valence-electron chi connectivity index (χ1n) is 7.64. The molecule has 5 heteroatoms. The molecule has 2 aromatic carbocycles. The molecule has 1 N–H and O–H groups in total. The average molecular weight is 313 g/mol. The molecule has 0 aliphatic carbocycles. The van der Waals surface area contributed by atoms with Crippen molar-refractivity contribution in [3.8, 4) is 16.9 Å². The summed E-state index contributed by atoms with van der Waals surface area (Å²) in [6.45, 7) is 0. The molecule has 0 atom stereocenters. The molecular formula is C19H15N5. The normalized spacial score (nSPS) is 10.5. The number of hydrogen-bond acceptors (Lipinski definition) is 4. The van der Waals surface area contributed by atoms with Crippen molar-refractivity contribution < 1.29 is 0 Å². The number of hydrogen-bond donors (Lipinski definition) is 1. The fourth-order valence-corrected chi connectivity index (χ4v) is 2.55. The SMILES string of the molecule is c1ccc(-c2cnc(Nc3ncccn3)n2-c2ccccc2)cc1. The first-order valence-corrected chi connectivity index (χ1v) is 7.64. The molecule has 0 bridgehead atoms. The van der Waals surface area contributed by atoms with Crippen molar-refractivity contribution in [2.75, 3.05) is 5.32 Å². The third-order valence-corrected chi connectivity index (χ3v) is 3.64. The Hall–Kier alpha value is -3.47. The molecule has 116 valence electrons. The fourth-order valence-electron chi connectivity index (χ4n) is 2.55. The first kappa shape index (κ1) is 14.1. The van der Waals surface area contributed by atoms with Gasteiger partial charge >= 0.3 is 0 Å². The number of rotatable bonds is 4. The van der Waals surface area contributed by atoms with Gasteiger partial charge in [-0.1, -0.05) is 48.5 Å². The van der Waals surface area contributed by atoms with Crippen LogP contribution >= 0.6 is 0 Å². The zero-order valence-corrected chi connectivity index (χ0v) is 12.9. The Kier molecular flexibility index (Phi) is 3.73. The van der Waals surface area contributed by atoms with E-state index in [9.17, 15) is 0 Å². The van der Waals surface area contributed by atoms with Crippen LogP contribution in [0.2, 0.25) is 0 Å². The fraction of sp³-hybridized carbons (Fsp3) is 0. The van der Waals surface area contributed by atoms with Crippen LogP contribution in [0, 0.1) is 0 Å². The van der Waals surface area contributed by atoms with E-state index in [1.165, 1.54) is 0 Å². The van der Waals surface area contributed by atoms with Crippen LogP contribution in [0.4, 0.5) is 11.9 Å². The largest absolute Gasteiger partial charge is 0.294 e. The van der Waals surface area contributed by atoms with Crippen molar-refractivity contribution in [2.24, 2.45) is 0 Å². The Morgan fingerprint density at radius 1 is 0.708 bits per heavy atom. The average Bonchev–Trinajstić information content (AvgIpc) is 3.07. The molecule has 2 heterocycles. The highest BCUT2D eigenvalue weighted by atomic mass is 15.3. The van der Waals surface area contributed by atoms with Crippen molar-refractivity contribution >= 4 is 11.9 Å². The lowest BCUT2D eigenvalue weighted by Crippen LogP contribution is -2.05. The molecule has 5 nitrogen and oxygen atoms in total. The van der Waals surface area contributed by atoms with Gasteiger partial charge in [-0.15, -0.1) is 0 Å². The first-order chi connectivity index (χ1) is 11.9. The zero-order valence-electron chi connectivity index (χ0n) is 12.9. The Balaban J connectivity index is 1.84. The minimum absolute atomic E-state index is 0.514. The van der Waals surface area contributed by atoms with E-state index in [2.05, 4.69) is 37.0 Å². The molecule has 0 aliphatic rings. The molecule has 0 fully saturated rings. The van der Waals surface area contributed by atoms with Crippen LogP contribution in [0.1, 0.15) is 0 Å². The lowest BCUT2D eigenvalue weighted by molar-refractivity contribution is 1.05. The Bertz CT molecular complexity index is 918. The van der Waals surface area contributed by atoms with Crippen LogP contribution in [0.25, 0.3) is 16.9 Å². The lowest BCUT2D eigenvalue weighted by Gasteiger charge is -2.12. The molecular weight excluding hydrogens is 298 g/mol. The van der Waals surface area contributed by atoms with Gasteiger partial charge in [0.2, 0.25) is 11.9 Å². The zero-order chi connectivity index (χ0) is 16.2. The van der Waals surface area contributed by atoms with E-state index in [0.717, 1.165) is 16.9 Å². The summed E-state index contributed by atoms with van der Waals surface area (Å²) in [6, 6.07) is 22.1. The van der Waals surface area contributed by atoms with Gasteiger partial charge in [0, 0.05) is 23.6 Å². The standard InChI is InChI=1S/C19H15N5/c1-3-8-15(9-4-1)17-14-22-19(23-18-20-12-7-13-21-18)24(17)16-10-5-2-6-11-16/h1-14H,(H,20,21,22,23). The summed E-state index contributed by atoms with van der Waals surface area (Å²) in [5, 5.41) is 3.19. The predicted octanol–water partition coefficient (Wildman–Crippen LogP) is 4.07. The quantitative estimate of drug-likeness (QED) is 0.617. The maximum atomic E-state index is 4.54. The van der Waals surface area contributed by atoms with Crippen LogP contribution in [-0.4, -0.2) is 19.5 Å². The van der Waals surface area contributed by atoms with E-state index in [-0.39, 0.29) is 0 Å². The van der Waals surface area contributed by atoms with Gasteiger partial charge in [0.15, 0.2) is 0 Å². The van der Waals surface area contributed by atoms with Crippen LogP contribution in [0.3, 0.4) is 0 Å². The topological polar surface area (TPSA) is 55.6 Å². The van der Waals surface area contributed by atoms with Gasteiger partial charge in [0.25, 0.3) is 0 Å². The second-order valence-electron chi connectivity index (χ2n) is 5.20. The van der Waals surface area contributed by atoms with Crippen molar-refractivity contribution in [3.05, 3.63) is 85.3 Å². The third kappa shape index (κ3) is 2.75. The number of benzene rings is 2. The van der Waals surface area contributed by atoms with Crippen molar-refractivity contribution in [1.82, 2.24) is 19.5 Å². The second-order valence-corrected chi connectivity index (χ2v) is 5.20. The molecule has 24 heavy (non-hydrogen) atoms. The van der Waals surface area contributed by atoms with E-state index < -0.39 is 0 Å². The van der Waals surface area contributed by atoms with Crippen LogP contribution in [0.15, 0.2) is 85.3 Å². The Labute approximate surface area is 139 Å². The second kappa shape index (κ2) is 6.34. The third-order valence-electron chi connectivity index (χ3n) is 3.64. The summed E-state index contributed by atoms with van der Waals surface area (Å²) in [7, 11) is 0. The van der Waals surface area contributed by atoms with Gasteiger partial charge in [0.05, 0.1) is 11.9 Å². The number of aromatic nitrogens is 4. The summed E-state index contributed by atoms with van der Waals surface area (Å²) >= 11 is 0. The highest BCUT2D eigenvalue weighted by molar-refractivity contribution is 5.66. The van der Waals surface area contributed by atoms with Crippen LogP contribution in [0.5, 0.6) is 0 Å². The lowest BCUT2D eigenvalue weighted by atomic mass is 10.1. The molecule has 4 rings (SSSR count). The summed E-state index contributed by atoms with van der Waals surface area (Å²) in [6.07, 6.45) is 5.25. The van der Waals surface area contributed by atoms with Gasteiger partial charge in [-0.05, 0) is 18.2 Å². The minimum atomic E-state index is 0.514. The summed E-state index contributed by atoms with van der Waals surface area (Å²) in [5.41, 5.74) is 3.11. The monoisotopic (exact) mass is 313 g/mol. The Morgan fingerprint density at radius 3 is 2.08 bits per heavy atom. The van der Waals surface area contributed by atoms with Crippen molar-refractivity contribution in [3.63, 3.8) is 0 Å². The van der Waals surface area contributed by atoms with Gasteiger partial charge in [-0.2, -0.15) is 0 Å². The molecule has 0 saturated carbocycles. The predicted molar refractivity (Wildman–Crippen MR) is 94.3 cm³/mol. The number of imidazole rings is 1. The van der Waals surface area contributed by atoms with Crippen LogP contribution in [-0.2, 0) is 0 Å². The number of para-hydroxylation sites is 1. The summed E-state index contributed by atoms with van der Waals surface area (Å²) in [5.74, 6) is 1.19. The van der Waals surface area contributed by atoms with E-state index in [1.54, 1.807) is 18.5 Å². The highest BCUT2D eigenvalue weighted by Gasteiger charge is 2.14. The van der Waals surface area contributed by atoms with E-state index in [4.69, 9.17) is 0 Å². The molecule has 0 spiro atoms. The van der Waals surface area contributed by atoms with E-state index in [1.807, 2.05) is 54.7 Å². The Morgan fingerprint density at radius 2 is 1.38 bits per heavy atom. The number of anilines is 2. The molecule has 0 radical (unpaired) electrons. The van der Waals surface area contributed by atoms with E-state index >= 15 is 0 Å². The maximum Gasteiger partial charge on any atom is 0.229 e. The molecule has 4 aromatic rings. The minimum Gasteiger partial charge on any atom is -0.294 e. The van der Waals surface area contributed by atoms with Gasteiger partial charge in [-0.3, -0.25) is 9.88 Å². The molecule has 0 amide bonds. The molecule has 2 aromatic heterocycles. The van der Waals surface area contributed by atoms with Crippen LogP contribution < -0.4 is 5.32 Å². The maximum absolute atomic E-state index is 4.54. The van der Waals surface area contributed by atoms with Crippen molar-refractivity contribution in [2.45, 2.75) is 0 Å². The van der Waals surface area contributed by atoms with Gasteiger partial charge < -0.3 is 0 Å². The molecule has 0 aliphatic heterocycles.